The molecule has 0 spiro atoms. The van der Waals surface area contributed by atoms with Crippen molar-refractivity contribution < 1.29 is 18.0 Å². The van der Waals surface area contributed by atoms with Crippen LogP contribution in [0.1, 0.15) is 46.8 Å². The number of hydrogen-bond donors (Lipinski definition) is 0. The van der Waals surface area contributed by atoms with E-state index >= 15 is 0 Å². The molecule has 1 heterocycles. The molecule has 0 saturated heterocycles. The average Bonchev–Trinajstić information content (AvgIpc) is 2.52. The number of halogens is 3. The van der Waals surface area contributed by atoms with E-state index in [1.165, 1.54) is 11.9 Å². The second-order valence-electron chi connectivity index (χ2n) is 4.91. The zero-order valence-electron chi connectivity index (χ0n) is 10.4. The minimum Gasteiger partial charge on any atom is -0.337 e. The lowest BCUT2D eigenvalue weighted by Gasteiger charge is -2.15. The van der Waals surface area contributed by atoms with Crippen molar-refractivity contribution in [2.24, 2.45) is 0 Å². The molecule has 1 aliphatic heterocycles. The quantitative estimate of drug-likeness (QED) is 0.755. The van der Waals surface area contributed by atoms with E-state index in [1.54, 1.807) is 6.07 Å². The van der Waals surface area contributed by atoms with Gasteiger partial charge >= 0.3 is 6.18 Å². The predicted octanol–water partition coefficient (Wildman–Crippen LogP) is 3.41. The first-order chi connectivity index (χ1) is 8.21. The van der Waals surface area contributed by atoms with E-state index in [0.29, 0.717) is 5.56 Å². The van der Waals surface area contributed by atoms with Crippen molar-refractivity contribution in [3.63, 3.8) is 0 Å². The van der Waals surface area contributed by atoms with Crippen LogP contribution in [0.25, 0.3) is 0 Å². The first kappa shape index (κ1) is 12.9. The SMILES string of the molecule is CC(C)c1cc2c(c(C(F)(F)F)c1)CN(C)C2=O. The van der Waals surface area contributed by atoms with Crippen LogP contribution in [-0.2, 0) is 12.7 Å². The van der Waals surface area contributed by atoms with Gasteiger partial charge in [-0.3, -0.25) is 4.79 Å². The van der Waals surface area contributed by atoms with Gasteiger partial charge in [-0.15, -0.1) is 0 Å². The lowest BCUT2D eigenvalue weighted by molar-refractivity contribution is -0.138. The summed E-state index contributed by atoms with van der Waals surface area (Å²) >= 11 is 0. The van der Waals surface area contributed by atoms with Gasteiger partial charge in [0.2, 0.25) is 0 Å². The Morgan fingerprint density at radius 1 is 1.28 bits per heavy atom. The van der Waals surface area contributed by atoms with E-state index < -0.39 is 11.7 Å². The molecule has 0 aliphatic carbocycles. The van der Waals surface area contributed by atoms with Gasteiger partial charge in [-0.25, -0.2) is 0 Å². The van der Waals surface area contributed by atoms with Crippen LogP contribution in [0.2, 0.25) is 0 Å². The molecule has 18 heavy (non-hydrogen) atoms. The summed E-state index contributed by atoms with van der Waals surface area (Å²) in [6, 6.07) is 2.75. The topological polar surface area (TPSA) is 20.3 Å². The lowest BCUT2D eigenvalue weighted by atomic mass is 9.94. The fraction of sp³-hybridized carbons (Fsp3) is 0.462. The highest BCUT2D eigenvalue weighted by Gasteiger charge is 2.39. The Morgan fingerprint density at radius 2 is 1.89 bits per heavy atom. The van der Waals surface area contributed by atoms with Gasteiger partial charge in [0.05, 0.1) is 5.56 Å². The molecule has 1 aromatic rings. The van der Waals surface area contributed by atoms with Crippen LogP contribution < -0.4 is 0 Å². The van der Waals surface area contributed by atoms with Crippen molar-refractivity contribution in [1.82, 2.24) is 4.90 Å². The van der Waals surface area contributed by atoms with Gasteiger partial charge in [-0.2, -0.15) is 13.2 Å². The van der Waals surface area contributed by atoms with Gasteiger partial charge in [-0.1, -0.05) is 13.8 Å². The van der Waals surface area contributed by atoms with Gasteiger partial charge in [0.25, 0.3) is 5.91 Å². The Hall–Kier alpha value is -1.52. The third-order valence-corrected chi connectivity index (χ3v) is 3.22. The van der Waals surface area contributed by atoms with Gasteiger partial charge in [-0.05, 0) is 29.2 Å². The normalized spacial score (nSPS) is 15.5. The van der Waals surface area contributed by atoms with E-state index in [4.69, 9.17) is 0 Å². The largest absolute Gasteiger partial charge is 0.416 e. The van der Waals surface area contributed by atoms with Crippen molar-refractivity contribution in [2.75, 3.05) is 7.05 Å². The highest BCUT2D eigenvalue weighted by molar-refractivity contribution is 5.98. The zero-order chi connectivity index (χ0) is 13.7. The molecule has 0 aromatic heterocycles. The number of fused-ring (bicyclic) bond motifs is 1. The number of carbonyl (C=O) groups is 1. The molecule has 0 atom stereocenters. The monoisotopic (exact) mass is 257 g/mol. The van der Waals surface area contributed by atoms with Crippen LogP contribution in [-0.4, -0.2) is 17.9 Å². The lowest BCUT2D eigenvalue weighted by Crippen LogP contribution is -2.17. The van der Waals surface area contributed by atoms with Gasteiger partial charge in [0.1, 0.15) is 0 Å². The summed E-state index contributed by atoms with van der Waals surface area (Å²) in [6.45, 7) is 3.65. The highest BCUT2D eigenvalue weighted by Crippen LogP contribution is 2.38. The average molecular weight is 257 g/mol. The number of amides is 1. The van der Waals surface area contributed by atoms with Crippen molar-refractivity contribution in [3.8, 4) is 0 Å². The number of benzene rings is 1. The second-order valence-corrected chi connectivity index (χ2v) is 4.91. The third kappa shape index (κ3) is 1.98. The number of hydrogen-bond acceptors (Lipinski definition) is 1. The zero-order valence-corrected chi connectivity index (χ0v) is 10.4. The molecule has 0 bridgehead atoms. The number of rotatable bonds is 1. The fourth-order valence-corrected chi connectivity index (χ4v) is 2.16. The molecule has 0 unspecified atom stereocenters. The summed E-state index contributed by atoms with van der Waals surface area (Å²) in [4.78, 5) is 13.1. The van der Waals surface area contributed by atoms with Gasteiger partial charge < -0.3 is 4.90 Å². The highest BCUT2D eigenvalue weighted by atomic mass is 19.4. The van der Waals surface area contributed by atoms with Crippen LogP contribution >= 0.6 is 0 Å². The smallest absolute Gasteiger partial charge is 0.337 e. The maximum atomic E-state index is 13.0. The van der Waals surface area contributed by atoms with E-state index in [2.05, 4.69) is 0 Å². The minimum absolute atomic E-state index is 0.0292. The first-order valence-corrected chi connectivity index (χ1v) is 5.71. The molecule has 2 rings (SSSR count). The molecule has 5 heteroatoms. The number of nitrogens with zero attached hydrogens (tertiary/aromatic N) is 1. The Morgan fingerprint density at radius 3 is 2.39 bits per heavy atom. The van der Waals surface area contributed by atoms with Crippen molar-refractivity contribution >= 4 is 5.91 Å². The summed E-state index contributed by atoms with van der Waals surface area (Å²) < 4.78 is 39.0. The van der Waals surface area contributed by atoms with Crippen molar-refractivity contribution in [2.45, 2.75) is 32.5 Å². The first-order valence-electron chi connectivity index (χ1n) is 5.71. The number of carbonyl (C=O) groups excluding carboxylic acids is 1. The molecule has 2 nitrogen and oxygen atoms in total. The Kier molecular flexibility index (Phi) is 2.87. The van der Waals surface area contributed by atoms with E-state index in [1.807, 2.05) is 13.8 Å². The van der Waals surface area contributed by atoms with Crippen LogP contribution in [0.5, 0.6) is 0 Å². The molecule has 98 valence electrons. The Balaban J connectivity index is 2.68. The molecule has 1 aromatic carbocycles. The van der Waals surface area contributed by atoms with Crippen molar-refractivity contribution in [3.05, 3.63) is 34.4 Å². The minimum atomic E-state index is -4.42. The maximum absolute atomic E-state index is 13.0. The van der Waals surface area contributed by atoms with Crippen LogP contribution in [0.3, 0.4) is 0 Å². The molecule has 0 radical (unpaired) electrons. The summed E-state index contributed by atoms with van der Waals surface area (Å²) in [7, 11) is 1.51. The van der Waals surface area contributed by atoms with Crippen molar-refractivity contribution in [1.29, 1.82) is 0 Å². The Bertz CT molecular complexity index is 506. The standard InChI is InChI=1S/C13H14F3NO/c1-7(2)8-4-9-10(6-17(3)12(9)18)11(5-8)13(14,15)16/h4-5,7H,6H2,1-3H3. The molecule has 0 saturated carbocycles. The number of alkyl halides is 3. The van der Waals surface area contributed by atoms with Gasteiger partial charge in [0, 0.05) is 19.2 Å². The summed E-state index contributed by atoms with van der Waals surface area (Å²) in [5, 5.41) is 0. The molecular weight excluding hydrogens is 243 g/mol. The second kappa shape index (κ2) is 4.00. The third-order valence-electron chi connectivity index (χ3n) is 3.22. The summed E-state index contributed by atoms with van der Waals surface area (Å²) in [5.74, 6) is -0.381. The fourth-order valence-electron chi connectivity index (χ4n) is 2.16. The molecule has 1 amide bonds. The molecule has 1 aliphatic rings. The van der Waals surface area contributed by atoms with E-state index in [0.717, 1.165) is 6.07 Å². The van der Waals surface area contributed by atoms with E-state index in [-0.39, 0.29) is 29.5 Å². The van der Waals surface area contributed by atoms with Gasteiger partial charge in [0.15, 0.2) is 0 Å². The Labute approximate surface area is 103 Å². The maximum Gasteiger partial charge on any atom is 0.416 e. The van der Waals surface area contributed by atoms with Crippen LogP contribution in [0, 0.1) is 0 Å². The van der Waals surface area contributed by atoms with E-state index in [9.17, 15) is 18.0 Å². The van der Waals surface area contributed by atoms with Crippen LogP contribution in [0.15, 0.2) is 12.1 Å². The summed E-state index contributed by atoms with van der Waals surface area (Å²) in [5.41, 5.74) is 0.154. The molecule has 0 N–H and O–H groups in total. The van der Waals surface area contributed by atoms with Crippen LogP contribution in [0.4, 0.5) is 13.2 Å². The predicted molar refractivity (Wildman–Crippen MR) is 61.3 cm³/mol. The molecular formula is C13H14F3NO. The summed E-state index contributed by atoms with van der Waals surface area (Å²) in [6.07, 6.45) is -4.42. The molecule has 0 fully saturated rings.